The van der Waals surface area contributed by atoms with Crippen molar-refractivity contribution in [2.45, 2.75) is 45.6 Å². The quantitative estimate of drug-likeness (QED) is 0.755. The molecule has 1 atom stereocenters. The number of piperidine rings is 1. The van der Waals surface area contributed by atoms with Gasteiger partial charge in [0.15, 0.2) is 0 Å². The van der Waals surface area contributed by atoms with Crippen molar-refractivity contribution >= 4 is 18.3 Å². The molecule has 1 aliphatic rings. The molecule has 136 valence electrons. The molecule has 1 fully saturated rings. The molecule has 4 nitrogen and oxygen atoms in total. The SMILES string of the molecule is CCCc1ccc(C(C)N(CC(N)=O)CC2CCNCC2)cc1.Cl. The smallest absolute Gasteiger partial charge is 0.231 e. The van der Waals surface area contributed by atoms with Gasteiger partial charge in [-0.3, -0.25) is 9.69 Å². The highest BCUT2D eigenvalue weighted by Gasteiger charge is 2.23. The van der Waals surface area contributed by atoms with Gasteiger partial charge in [-0.1, -0.05) is 37.6 Å². The fraction of sp³-hybridized carbons (Fsp3) is 0.632. The van der Waals surface area contributed by atoms with Crippen molar-refractivity contribution in [3.63, 3.8) is 0 Å². The van der Waals surface area contributed by atoms with Gasteiger partial charge in [-0.2, -0.15) is 0 Å². The maximum atomic E-state index is 11.5. The zero-order chi connectivity index (χ0) is 16.7. The third-order valence-electron chi connectivity index (χ3n) is 4.86. The molecule has 1 amide bonds. The van der Waals surface area contributed by atoms with Crippen molar-refractivity contribution in [2.24, 2.45) is 11.7 Å². The minimum Gasteiger partial charge on any atom is -0.369 e. The summed E-state index contributed by atoms with van der Waals surface area (Å²) in [5.74, 6) is 0.408. The monoisotopic (exact) mass is 353 g/mol. The molecule has 0 spiro atoms. The first-order valence-electron chi connectivity index (χ1n) is 8.92. The summed E-state index contributed by atoms with van der Waals surface area (Å²) in [4.78, 5) is 13.7. The van der Waals surface area contributed by atoms with Crippen LogP contribution in [0.2, 0.25) is 0 Å². The number of halogens is 1. The predicted molar refractivity (Wildman–Crippen MR) is 102 cm³/mol. The number of carbonyl (C=O) groups is 1. The van der Waals surface area contributed by atoms with E-state index in [4.69, 9.17) is 5.73 Å². The van der Waals surface area contributed by atoms with Gasteiger partial charge in [-0.15, -0.1) is 12.4 Å². The average molecular weight is 354 g/mol. The summed E-state index contributed by atoms with van der Waals surface area (Å²) in [6.45, 7) is 7.82. The first kappa shape index (κ1) is 20.9. The molecular formula is C19H32ClN3O. The Morgan fingerprint density at radius 3 is 2.46 bits per heavy atom. The van der Waals surface area contributed by atoms with E-state index in [0.29, 0.717) is 12.5 Å². The van der Waals surface area contributed by atoms with E-state index in [1.807, 2.05) is 0 Å². The molecule has 1 saturated heterocycles. The van der Waals surface area contributed by atoms with Gasteiger partial charge in [0.2, 0.25) is 5.91 Å². The van der Waals surface area contributed by atoms with Gasteiger partial charge in [0, 0.05) is 12.6 Å². The first-order valence-corrected chi connectivity index (χ1v) is 8.92. The number of nitrogens with one attached hydrogen (secondary N) is 1. The normalized spacial score (nSPS) is 16.6. The van der Waals surface area contributed by atoms with Gasteiger partial charge in [0.25, 0.3) is 0 Å². The molecule has 1 aromatic carbocycles. The standard InChI is InChI=1S/C19H31N3O.ClH/c1-3-4-16-5-7-18(8-6-16)15(2)22(14-19(20)23)13-17-9-11-21-12-10-17;/h5-8,15,17,21H,3-4,9-14H2,1-2H3,(H2,20,23);1H. The molecule has 1 aromatic rings. The Hall–Kier alpha value is -1.10. The van der Waals surface area contributed by atoms with Crippen LogP contribution in [0.4, 0.5) is 0 Å². The number of hydrogen-bond donors (Lipinski definition) is 2. The lowest BCUT2D eigenvalue weighted by Crippen LogP contribution is -2.41. The van der Waals surface area contributed by atoms with Crippen LogP contribution in [0.1, 0.15) is 50.3 Å². The summed E-state index contributed by atoms with van der Waals surface area (Å²) in [5.41, 5.74) is 8.13. The first-order chi connectivity index (χ1) is 11.1. The minimum absolute atomic E-state index is 0. The van der Waals surface area contributed by atoms with E-state index < -0.39 is 0 Å². The van der Waals surface area contributed by atoms with E-state index in [0.717, 1.165) is 26.1 Å². The summed E-state index contributed by atoms with van der Waals surface area (Å²) in [7, 11) is 0. The Bertz CT molecular complexity index is 486. The topological polar surface area (TPSA) is 58.4 Å². The van der Waals surface area contributed by atoms with Crippen molar-refractivity contribution < 1.29 is 4.79 Å². The van der Waals surface area contributed by atoms with Crippen molar-refractivity contribution in [2.75, 3.05) is 26.2 Å². The van der Waals surface area contributed by atoms with E-state index in [-0.39, 0.29) is 24.4 Å². The second kappa shape index (κ2) is 10.7. The summed E-state index contributed by atoms with van der Waals surface area (Å²) in [6.07, 6.45) is 4.64. The fourth-order valence-electron chi connectivity index (χ4n) is 3.42. The zero-order valence-electron chi connectivity index (χ0n) is 15.0. The number of hydrogen-bond acceptors (Lipinski definition) is 3. The van der Waals surface area contributed by atoms with E-state index in [2.05, 4.69) is 48.3 Å². The highest BCUT2D eigenvalue weighted by atomic mass is 35.5. The fourth-order valence-corrected chi connectivity index (χ4v) is 3.42. The molecule has 0 radical (unpaired) electrons. The summed E-state index contributed by atoms with van der Waals surface area (Å²) < 4.78 is 0. The molecule has 1 unspecified atom stereocenters. The maximum Gasteiger partial charge on any atom is 0.231 e. The number of primary amides is 1. The molecule has 5 heteroatoms. The Balaban J connectivity index is 0.00000288. The van der Waals surface area contributed by atoms with Gasteiger partial charge in [-0.05, 0) is 56.3 Å². The molecular weight excluding hydrogens is 322 g/mol. The number of nitrogens with two attached hydrogens (primary N) is 1. The summed E-state index contributed by atoms with van der Waals surface area (Å²) in [6, 6.07) is 9.04. The Labute approximate surface area is 152 Å². The molecule has 0 aromatic heterocycles. The maximum absolute atomic E-state index is 11.5. The Morgan fingerprint density at radius 2 is 1.92 bits per heavy atom. The van der Waals surface area contributed by atoms with E-state index in [9.17, 15) is 4.79 Å². The van der Waals surface area contributed by atoms with Crippen LogP contribution in [0.25, 0.3) is 0 Å². The third-order valence-corrected chi connectivity index (χ3v) is 4.86. The predicted octanol–water partition coefficient (Wildman–Crippen LogP) is 2.91. The molecule has 0 bridgehead atoms. The highest BCUT2D eigenvalue weighted by molar-refractivity contribution is 5.85. The van der Waals surface area contributed by atoms with Crippen LogP contribution in [0.3, 0.4) is 0 Å². The lowest BCUT2D eigenvalue weighted by atomic mass is 9.95. The zero-order valence-corrected chi connectivity index (χ0v) is 15.8. The van der Waals surface area contributed by atoms with Gasteiger partial charge in [0.05, 0.1) is 6.54 Å². The number of nitrogens with zero attached hydrogens (tertiary/aromatic N) is 1. The Kier molecular flexibility index (Phi) is 9.34. The van der Waals surface area contributed by atoms with Crippen LogP contribution < -0.4 is 11.1 Å². The van der Waals surface area contributed by atoms with Crippen molar-refractivity contribution in [3.8, 4) is 0 Å². The molecule has 1 aliphatic heterocycles. The third kappa shape index (κ3) is 6.42. The number of rotatable bonds is 8. The van der Waals surface area contributed by atoms with Crippen molar-refractivity contribution in [3.05, 3.63) is 35.4 Å². The second-order valence-corrected chi connectivity index (χ2v) is 6.76. The molecule has 0 aliphatic carbocycles. The number of benzene rings is 1. The number of amides is 1. The molecule has 3 N–H and O–H groups in total. The summed E-state index contributed by atoms with van der Waals surface area (Å²) in [5, 5.41) is 3.40. The molecule has 0 saturated carbocycles. The Morgan fingerprint density at radius 1 is 1.29 bits per heavy atom. The average Bonchev–Trinajstić information content (AvgIpc) is 2.55. The lowest BCUT2D eigenvalue weighted by Gasteiger charge is -2.33. The van der Waals surface area contributed by atoms with Crippen molar-refractivity contribution in [1.29, 1.82) is 0 Å². The van der Waals surface area contributed by atoms with Gasteiger partial charge >= 0.3 is 0 Å². The van der Waals surface area contributed by atoms with E-state index in [1.165, 1.54) is 30.4 Å². The second-order valence-electron chi connectivity index (χ2n) is 6.76. The van der Waals surface area contributed by atoms with Crippen LogP contribution in [0, 0.1) is 5.92 Å². The van der Waals surface area contributed by atoms with Crippen LogP contribution >= 0.6 is 12.4 Å². The van der Waals surface area contributed by atoms with Gasteiger partial charge in [0.1, 0.15) is 0 Å². The van der Waals surface area contributed by atoms with Crippen LogP contribution in [-0.2, 0) is 11.2 Å². The molecule has 24 heavy (non-hydrogen) atoms. The van der Waals surface area contributed by atoms with Crippen LogP contribution in [-0.4, -0.2) is 37.0 Å². The van der Waals surface area contributed by atoms with Crippen LogP contribution in [0.15, 0.2) is 24.3 Å². The number of carbonyl (C=O) groups excluding carboxylic acids is 1. The molecule has 1 heterocycles. The summed E-state index contributed by atoms with van der Waals surface area (Å²) >= 11 is 0. The minimum atomic E-state index is -0.242. The molecule has 2 rings (SSSR count). The van der Waals surface area contributed by atoms with Gasteiger partial charge in [-0.25, -0.2) is 0 Å². The van der Waals surface area contributed by atoms with Crippen molar-refractivity contribution in [1.82, 2.24) is 10.2 Å². The van der Waals surface area contributed by atoms with Gasteiger partial charge < -0.3 is 11.1 Å². The van der Waals surface area contributed by atoms with E-state index >= 15 is 0 Å². The lowest BCUT2D eigenvalue weighted by molar-refractivity contribution is -0.119. The van der Waals surface area contributed by atoms with Crippen LogP contribution in [0.5, 0.6) is 0 Å². The largest absolute Gasteiger partial charge is 0.369 e. The highest BCUT2D eigenvalue weighted by Crippen LogP contribution is 2.24. The van der Waals surface area contributed by atoms with E-state index in [1.54, 1.807) is 0 Å². The number of aryl methyl sites for hydroxylation is 1.